The van der Waals surface area contributed by atoms with Gasteiger partial charge in [-0.1, -0.05) is 0 Å². The summed E-state index contributed by atoms with van der Waals surface area (Å²) < 4.78 is 10.9. The van der Waals surface area contributed by atoms with Crippen LogP contribution in [0.3, 0.4) is 0 Å². The minimum absolute atomic E-state index is 0.00418. The number of hydrogen-bond donors (Lipinski definition) is 1. The second-order valence-electron chi connectivity index (χ2n) is 5.78. The van der Waals surface area contributed by atoms with Crippen LogP contribution in [-0.2, 0) is 17.6 Å². The lowest BCUT2D eigenvalue weighted by atomic mass is 9.98. The molecule has 0 bridgehead atoms. The first-order valence-electron chi connectivity index (χ1n) is 8.06. The zero-order valence-corrected chi connectivity index (χ0v) is 14.0. The summed E-state index contributed by atoms with van der Waals surface area (Å²) >= 11 is 1.61. The summed E-state index contributed by atoms with van der Waals surface area (Å²) in [6.07, 6.45) is 4.53. The van der Waals surface area contributed by atoms with Crippen molar-refractivity contribution in [1.82, 2.24) is 10.2 Å². The number of morpholine rings is 1. The Kier molecular flexibility index (Phi) is 5.33. The lowest BCUT2D eigenvalue weighted by molar-refractivity contribution is 0.0383. The highest BCUT2D eigenvalue weighted by Crippen LogP contribution is 2.39. The number of nitrogens with one attached hydrogen (secondary N) is 1. The van der Waals surface area contributed by atoms with Gasteiger partial charge in [0.25, 0.3) is 5.91 Å². The Labute approximate surface area is 135 Å². The van der Waals surface area contributed by atoms with Gasteiger partial charge in [-0.25, -0.2) is 0 Å². The van der Waals surface area contributed by atoms with Gasteiger partial charge in [0.2, 0.25) is 0 Å². The molecule has 1 saturated heterocycles. The summed E-state index contributed by atoms with van der Waals surface area (Å²) in [5.74, 6) is 0.813. The fourth-order valence-electron chi connectivity index (χ4n) is 3.13. The third-order valence-corrected chi connectivity index (χ3v) is 5.62. The van der Waals surface area contributed by atoms with Crippen molar-refractivity contribution >= 4 is 17.2 Å². The van der Waals surface area contributed by atoms with Crippen LogP contribution < -0.4 is 10.1 Å². The number of nitrogens with zero attached hydrogens (tertiary/aromatic N) is 1. The van der Waals surface area contributed by atoms with Crippen molar-refractivity contribution in [3.8, 4) is 5.75 Å². The van der Waals surface area contributed by atoms with Crippen molar-refractivity contribution in [2.45, 2.75) is 25.7 Å². The Morgan fingerprint density at radius 2 is 2.09 bits per heavy atom. The van der Waals surface area contributed by atoms with Crippen LogP contribution in [0.5, 0.6) is 5.75 Å². The molecule has 1 aromatic rings. The molecule has 5 nitrogen and oxygen atoms in total. The molecular formula is C16H24N2O3S. The fourth-order valence-corrected chi connectivity index (χ4v) is 4.41. The average molecular weight is 324 g/mol. The molecule has 0 aromatic carbocycles. The summed E-state index contributed by atoms with van der Waals surface area (Å²) in [6, 6.07) is 0. The minimum atomic E-state index is 0.00418. The highest BCUT2D eigenvalue weighted by molar-refractivity contribution is 7.14. The van der Waals surface area contributed by atoms with E-state index < -0.39 is 0 Å². The molecule has 0 saturated carbocycles. The molecule has 3 rings (SSSR count). The first kappa shape index (κ1) is 15.8. The fraction of sp³-hybridized carbons (Fsp3) is 0.688. The van der Waals surface area contributed by atoms with Gasteiger partial charge in [0.15, 0.2) is 0 Å². The van der Waals surface area contributed by atoms with Crippen LogP contribution >= 0.6 is 11.3 Å². The number of amides is 1. The van der Waals surface area contributed by atoms with Gasteiger partial charge < -0.3 is 14.8 Å². The minimum Gasteiger partial charge on any atom is -0.495 e. The van der Waals surface area contributed by atoms with E-state index in [1.54, 1.807) is 18.4 Å². The predicted molar refractivity (Wildman–Crippen MR) is 87.1 cm³/mol. The van der Waals surface area contributed by atoms with Crippen molar-refractivity contribution < 1.29 is 14.3 Å². The van der Waals surface area contributed by atoms with Crippen LogP contribution in [0.1, 0.15) is 33.0 Å². The zero-order valence-electron chi connectivity index (χ0n) is 13.2. The van der Waals surface area contributed by atoms with E-state index in [1.807, 2.05) is 0 Å². The average Bonchev–Trinajstić information content (AvgIpc) is 2.94. The molecule has 0 spiro atoms. The maximum Gasteiger partial charge on any atom is 0.265 e. The van der Waals surface area contributed by atoms with E-state index in [2.05, 4.69) is 10.2 Å². The monoisotopic (exact) mass is 324 g/mol. The summed E-state index contributed by atoms with van der Waals surface area (Å²) in [5.41, 5.74) is 1.26. The number of carbonyl (C=O) groups is 1. The number of thiophene rings is 1. The Bertz CT molecular complexity index is 524. The first-order chi connectivity index (χ1) is 10.8. The molecule has 1 aliphatic heterocycles. The van der Waals surface area contributed by atoms with Gasteiger partial charge in [0.1, 0.15) is 10.6 Å². The van der Waals surface area contributed by atoms with E-state index in [9.17, 15) is 4.79 Å². The van der Waals surface area contributed by atoms with Gasteiger partial charge in [0, 0.05) is 36.6 Å². The zero-order chi connectivity index (χ0) is 15.4. The van der Waals surface area contributed by atoms with Crippen LogP contribution in [0.4, 0.5) is 0 Å². The third-order valence-electron chi connectivity index (χ3n) is 4.35. The highest BCUT2D eigenvalue weighted by Gasteiger charge is 2.25. The van der Waals surface area contributed by atoms with Crippen molar-refractivity contribution in [2.75, 3.05) is 46.5 Å². The van der Waals surface area contributed by atoms with E-state index >= 15 is 0 Å². The van der Waals surface area contributed by atoms with Crippen molar-refractivity contribution in [1.29, 1.82) is 0 Å². The van der Waals surface area contributed by atoms with E-state index in [-0.39, 0.29) is 5.91 Å². The molecule has 6 heteroatoms. The van der Waals surface area contributed by atoms with Crippen LogP contribution in [0.15, 0.2) is 0 Å². The molecule has 0 unspecified atom stereocenters. The molecule has 2 heterocycles. The standard InChI is InChI=1S/C16H24N2O3S/c1-20-14-12-4-2-3-5-13(12)22-15(14)16(19)17-6-7-18-8-10-21-11-9-18/h2-11H2,1H3,(H,17,19). The maximum absolute atomic E-state index is 12.5. The van der Waals surface area contributed by atoms with Crippen LogP contribution in [0.25, 0.3) is 0 Å². The smallest absolute Gasteiger partial charge is 0.265 e. The van der Waals surface area contributed by atoms with E-state index in [1.165, 1.54) is 23.3 Å². The van der Waals surface area contributed by atoms with E-state index in [0.717, 1.165) is 56.3 Å². The van der Waals surface area contributed by atoms with Gasteiger partial charge in [-0.15, -0.1) is 11.3 Å². The lowest BCUT2D eigenvalue weighted by Gasteiger charge is -2.26. The molecule has 2 aliphatic rings. The number of fused-ring (bicyclic) bond motifs is 1. The third kappa shape index (κ3) is 3.45. The van der Waals surface area contributed by atoms with Crippen LogP contribution in [0, 0.1) is 0 Å². The number of methoxy groups -OCH3 is 1. The van der Waals surface area contributed by atoms with E-state index in [4.69, 9.17) is 9.47 Å². The summed E-state index contributed by atoms with van der Waals surface area (Å²) in [5, 5.41) is 3.04. The summed E-state index contributed by atoms with van der Waals surface area (Å²) in [7, 11) is 1.67. The van der Waals surface area contributed by atoms with Gasteiger partial charge >= 0.3 is 0 Å². The Balaban J connectivity index is 1.58. The van der Waals surface area contributed by atoms with Gasteiger partial charge in [-0.3, -0.25) is 9.69 Å². The van der Waals surface area contributed by atoms with Gasteiger partial charge in [0.05, 0.1) is 20.3 Å². The normalized spacial score (nSPS) is 18.8. The predicted octanol–water partition coefficient (Wildman–Crippen LogP) is 1.70. The molecule has 1 amide bonds. The molecule has 22 heavy (non-hydrogen) atoms. The second-order valence-corrected chi connectivity index (χ2v) is 6.89. The van der Waals surface area contributed by atoms with Crippen molar-refractivity contribution in [3.05, 3.63) is 15.3 Å². The Morgan fingerprint density at radius 3 is 2.86 bits per heavy atom. The molecule has 1 aliphatic carbocycles. The Morgan fingerprint density at radius 1 is 1.32 bits per heavy atom. The number of ether oxygens (including phenoxy) is 2. The molecule has 1 aromatic heterocycles. The lowest BCUT2D eigenvalue weighted by Crippen LogP contribution is -2.41. The topological polar surface area (TPSA) is 50.8 Å². The molecule has 1 N–H and O–H groups in total. The van der Waals surface area contributed by atoms with Crippen LogP contribution in [0.2, 0.25) is 0 Å². The van der Waals surface area contributed by atoms with Gasteiger partial charge in [-0.2, -0.15) is 0 Å². The highest BCUT2D eigenvalue weighted by atomic mass is 32.1. The van der Waals surface area contributed by atoms with Crippen molar-refractivity contribution in [3.63, 3.8) is 0 Å². The largest absolute Gasteiger partial charge is 0.495 e. The summed E-state index contributed by atoms with van der Waals surface area (Å²) in [6.45, 7) is 5.03. The Hall–Kier alpha value is -1.11. The summed E-state index contributed by atoms with van der Waals surface area (Å²) in [4.78, 5) is 16.9. The molecule has 0 radical (unpaired) electrons. The number of rotatable bonds is 5. The van der Waals surface area contributed by atoms with Gasteiger partial charge in [-0.05, 0) is 25.7 Å². The molecular weight excluding hydrogens is 300 g/mol. The SMILES string of the molecule is COc1c(C(=O)NCCN2CCOCC2)sc2c1CCCC2. The second kappa shape index (κ2) is 7.44. The maximum atomic E-state index is 12.5. The van der Waals surface area contributed by atoms with E-state index in [0.29, 0.717) is 6.54 Å². The molecule has 122 valence electrons. The number of carbonyl (C=O) groups excluding carboxylic acids is 1. The quantitative estimate of drug-likeness (QED) is 0.896. The number of hydrogen-bond acceptors (Lipinski definition) is 5. The van der Waals surface area contributed by atoms with Crippen molar-refractivity contribution in [2.24, 2.45) is 0 Å². The van der Waals surface area contributed by atoms with Crippen LogP contribution in [-0.4, -0.2) is 57.3 Å². The first-order valence-corrected chi connectivity index (χ1v) is 8.88. The molecule has 1 fully saturated rings. The number of aryl methyl sites for hydroxylation is 1. The molecule has 0 atom stereocenters.